The summed E-state index contributed by atoms with van der Waals surface area (Å²) in [5, 5.41) is 17.8. The first-order chi connectivity index (χ1) is 8.99. The second kappa shape index (κ2) is 5.07. The highest BCUT2D eigenvalue weighted by Crippen LogP contribution is 2.27. The third-order valence-electron chi connectivity index (χ3n) is 2.50. The Labute approximate surface area is 113 Å². The summed E-state index contributed by atoms with van der Waals surface area (Å²) in [5.74, 6) is -2.13. The molecule has 0 amide bonds. The van der Waals surface area contributed by atoms with Crippen molar-refractivity contribution in [3.05, 3.63) is 52.7 Å². The van der Waals surface area contributed by atoms with Crippen LogP contribution in [0.2, 0.25) is 5.02 Å². The molecule has 0 aliphatic rings. The fourth-order valence-electron chi connectivity index (χ4n) is 1.54. The van der Waals surface area contributed by atoms with Crippen LogP contribution in [0.4, 0.5) is 0 Å². The summed E-state index contributed by atoms with van der Waals surface area (Å²) >= 11 is 5.99. The third-order valence-corrected chi connectivity index (χ3v) is 2.82. The number of aromatic nitrogens is 1. The molecule has 0 atom stereocenters. The third kappa shape index (κ3) is 2.71. The summed E-state index contributed by atoms with van der Waals surface area (Å²) in [6.45, 7) is 0. The number of hydrogen-bond acceptors (Lipinski definition) is 3. The van der Waals surface area contributed by atoms with Crippen molar-refractivity contribution in [1.82, 2.24) is 4.98 Å². The van der Waals surface area contributed by atoms with Gasteiger partial charge in [-0.1, -0.05) is 17.7 Å². The van der Waals surface area contributed by atoms with Crippen molar-refractivity contribution in [2.75, 3.05) is 0 Å². The second-order valence-electron chi connectivity index (χ2n) is 3.74. The lowest BCUT2D eigenvalue weighted by Crippen LogP contribution is -1.98. The van der Waals surface area contributed by atoms with Gasteiger partial charge in [-0.3, -0.25) is 4.98 Å². The molecule has 0 saturated heterocycles. The number of benzene rings is 1. The van der Waals surface area contributed by atoms with E-state index in [0.717, 1.165) is 0 Å². The number of carbonyl (C=O) groups is 2. The minimum absolute atomic E-state index is 0.0713. The predicted octanol–water partition coefficient (Wildman–Crippen LogP) is 2.80. The first-order valence-electron chi connectivity index (χ1n) is 5.21. The van der Waals surface area contributed by atoms with Gasteiger partial charge in [0.25, 0.3) is 0 Å². The van der Waals surface area contributed by atoms with Crippen LogP contribution in [0, 0.1) is 0 Å². The van der Waals surface area contributed by atoms with Crippen molar-refractivity contribution in [3.8, 4) is 11.3 Å². The molecule has 1 aromatic carbocycles. The smallest absolute Gasteiger partial charge is 0.337 e. The Morgan fingerprint density at radius 1 is 1.00 bits per heavy atom. The van der Waals surface area contributed by atoms with Crippen LogP contribution in [0.1, 0.15) is 20.7 Å². The lowest BCUT2D eigenvalue weighted by molar-refractivity contribution is 0.0686. The topological polar surface area (TPSA) is 87.5 Å². The van der Waals surface area contributed by atoms with Crippen molar-refractivity contribution in [2.24, 2.45) is 0 Å². The van der Waals surface area contributed by atoms with E-state index in [1.807, 2.05) is 0 Å². The molecule has 1 heterocycles. The molecule has 0 aliphatic carbocycles. The standard InChI is InChI=1S/C13H8ClNO4/c14-10-5-7(12(16)17)1-3-9(10)11-4-2-8(6-15-11)13(18)19/h1-6H,(H,16,17)(H,18,19). The molecule has 2 rings (SSSR count). The molecule has 0 radical (unpaired) electrons. The van der Waals surface area contributed by atoms with Crippen molar-refractivity contribution in [1.29, 1.82) is 0 Å². The molecule has 96 valence electrons. The van der Waals surface area contributed by atoms with E-state index in [0.29, 0.717) is 11.3 Å². The van der Waals surface area contributed by atoms with Gasteiger partial charge < -0.3 is 10.2 Å². The zero-order valence-corrected chi connectivity index (χ0v) is 10.3. The SMILES string of the molecule is O=C(O)c1ccc(-c2ccc(C(=O)O)cc2Cl)nc1. The van der Waals surface area contributed by atoms with E-state index in [4.69, 9.17) is 21.8 Å². The zero-order valence-electron chi connectivity index (χ0n) is 9.50. The van der Waals surface area contributed by atoms with Gasteiger partial charge in [0.2, 0.25) is 0 Å². The molecule has 6 heteroatoms. The summed E-state index contributed by atoms with van der Waals surface area (Å²) < 4.78 is 0. The summed E-state index contributed by atoms with van der Waals surface area (Å²) in [5.41, 5.74) is 1.17. The molecular weight excluding hydrogens is 270 g/mol. The molecule has 0 unspecified atom stereocenters. The number of hydrogen-bond donors (Lipinski definition) is 2. The Hall–Kier alpha value is -2.40. The van der Waals surface area contributed by atoms with Gasteiger partial charge >= 0.3 is 11.9 Å². The highest BCUT2D eigenvalue weighted by molar-refractivity contribution is 6.33. The van der Waals surface area contributed by atoms with Crippen LogP contribution in [0.5, 0.6) is 0 Å². The van der Waals surface area contributed by atoms with Gasteiger partial charge in [-0.15, -0.1) is 0 Å². The Morgan fingerprint density at radius 3 is 2.11 bits per heavy atom. The summed E-state index contributed by atoms with van der Waals surface area (Å²) in [6.07, 6.45) is 1.22. The molecule has 0 spiro atoms. The number of aromatic carboxylic acids is 2. The van der Waals surface area contributed by atoms with E-state index in [9.17, 15) is 9.59 Å². The Bertz CT molecular complexity index is 652. The van der Waals surface area contributed by atoms with Gasteiger partial charge in [0.1, 0.15) is 0 Å². The number of halogens is 1. The zero-order chi connectivity index (χ0) is 14.0. The molecule has 0 fully saturated rings. The molecule has 0 aliphatic heterocycles. The molecular formula is C13H8ClNO4. The van der Waals surface area contributed by atoms with Gasteiger partial charge in [0.05, 0.1) is 21.8 Å². The minimum atomic E-state index is -1.07. The monoisotopic (exact) mass is 277 g/mol. The molecule has 0 bridgehead atoms. The van der Waals surface area contributed by atoms with E-state index >= 15 is 0 Å². The number of carboxylic acid groups (broad SMARTS) is 2. The molecule has 1 aromatic heterocycles. The average Bonchev–Trinajstić information content (AvgIpc) is 2.38. The Balaban J connectivity index is 2.41. The summed E-state index contributed by atoms with van der Waals surface area (Å²) in [4.78, 5) is 25.5. The van der Waals surface area contributed by atoms with E-state index in [1.165, 1.54) is 36.5 Å². The molecule has 0 saturated carbocycles. The number of nitrogens with zero attached hydrogens (tertiary/aromatic N) is 1. The van der Waals surface area contributed by atoms with Crippen LogP contribution < -0.4 is 0 Å². The quantitative estimate of drug-likeness (QED) is 0.901. The van der Waals surface area contributed by atoms with Crippen LogP contribution in [0.3, 0.4) is 0 Å². The van der Waals surface area contributed by atoms with E-state index < -0.39 is 11.9 Å². The highest BCUT2D eigenvalue weighted by atomic mass is 35.5. The van der Waals surface area contributed by atoms with Crippen LogP contribution in [-0.4, -0.2) is 27.1 Å². The van der Waals surface area contributed by atoms with E-state index in [1.54, 1.807) is 0 Å². The maximum absolute atomic E-state index is 10.8. The van der Waals surface area contributed by atoms with Crippen molar-refractivity contribution in [2.45, 2.75) is 0 Å². The van der Waals surface area contributed by atoms with E-state index in [2.05, 4.69) is 4.98 Å². The number of carboxylic acids is 2. The average molecular weight is 278 g/mol. The summed E-state index contributed by atoms with van der Waals surface area (Å²) in [6, 6.07) is 7.20. The Kier molecular flexibility index (Phi) is 3.48. The van der Waals surface area contributed by atoms with Gasteiger partial charge in [0, 0.05) is 11.8 Å². The molecule has 5 nitrogen and oxygen atoms in total. The fourth-order valence-corrected chi connectivity index (χ4v) is 1.81. The predicted molar refractivity (Wildman–Crippen MR) is 68.6 cm³/mol. The van der Waals surface area contributed by atoms with Crippen LogP contribution in [0.15, 0.2) is 36.5 Å². The maximum Gasteiger partial charge on any atom is 0.337 e. The number of pyridine rings is 1. The lowest BCUT2D eigenvalue weighted by Gasteiger charge is -2.05. The van der Waals surface area contributed by atoms with Crippen molar-refractivity contribution >= 4 is 23.5 Å². The second-order valence-corrected chi connectivity index (χ2v) is 4.14. The van der Waals surface area contributed by atoms with Crippen LogP contribution >= 0.6 is 11.6 Å². The maximum atomic E-state index is 10.8. The molecule has 2 N–H and O–H groups in total. The van der Waals surface area contributed by atoms with E-state index in [-0.39, 0.29) is 16.1 Å². The highest BCUT2D eigenvalue weighted by Gasteiger charge is 2.10. The van der Waals surface area contributed by atoms with Gasteiger partial charge in [0.15, 0.2) is 0 Å². The fraction of sp³-hybridized carbons (Fsp3) is 0. The van der Waals surface area contributed by atoms with Crippen LogP contribution in [0.25, 0.3) is 11.3 Å². The largest absolute Gasteiger partial charge is 0.478 e. The van der Waals surface area contributed by atoms with Gasteiger partial charge in [-0.05, 0) is 24.3 Å². The normalized spacial score (nSPS) is 10.2. The first-order valence-corrected chi connectivity index (χ1v) is 5.59. The van der Waals surface area contributed by atoms with Crippen LogP contribution in [-0.2, 0) is 0 Å². The molecule has 19 heavy (non-hydrogen) atoms. The summed E-state index contributed by atoms with van der Waals surface area (Å²) in [7, 11) is 0. The number of rotatable bonds is 3. The van der Waals surface area contributed by atoms with Gasteiger partial charge in [-0.25, -0.2) is 9.59 Å². The van der Waals surface area contributed by atoms with Crippen molar-refractivity contribution in [3.63, 3.8) is 0 Å². The van der Waals surface area contributed by atoms with Crippen molar-refractivity contribution < 1.29 is 19.8 Å². The lowest BCUT2D eigenvalue weighted by atomic mass is 10.1. The Morgan fingerprint density at radius 2 is 1.63 bits per heavy atom. The molecule has 2 aromatic rings. The minimum Gasteiger partial charge on any atom is -0.478 e. The van der Waals surface area contributed by atoms with Gasteiger partial charge in [-0.2, -0.15) is 0 Å². The first kappa shape index (κ1) is 13.0.